The van der Waals surface area contributed by atoms with Crippen LogP contribution >= 0.6 is 0 Å². The van der Waals surface area contributed by atoms with Crippen LogP contribution < -0.4 is 5.73 Å². The highest BCUT2D eigenvalue weighted by Gasteiger charge is 2.15. The number of nitrogens with two attached hydrogens (primary N) is 1. The summed E-state index contributed by atoms with van der Waals surface area (Å²) in [6.45, 7) is 7.24. The molecule has 122 valence electrons. The molecule has 3 aromatic rings. The molecule has 0 amide bonds. The predicted octanol–water partition coefficient (Wildman–Crippen LogP) is 5.18. The van der Waals surface area contributed by atoms with Gasteiger partial charge >= 0.3 is 0 Å². The monoisotopic (exact) mass is 317 g/mol. The maximum absolute atomic E-state index is 9.41. The van der Waals surface area contributed by atoms with Gasteiger partial charge in [0.05, 0.1) is 11.6 Å². The van der Waals surface area contributed by atoms with Gasteiger partial charge in [0.15, 0.2) is 0 Å². The summed E-state index contributed by atoms with van der Waals surface area (Å²) in [5.41, 5.74) is 13.2. The van der Waals surface area contributed by atoms with Crippen LogP contribution in [0.15, 0.2) is 36.5 Å². The van der Waals surface area contributed by atoms with Gasteiger partial charge in [0.1, 0.15) is 0 Å². The summed E-state index contributed by atoms with van der Waals surface area (Å²) in [6, 6.07) is 12.5. The summed E-state index contributed by atoms with van der Waals surface area (Å²) < 4.78 is 2.31. The van der Waals surface area contributed by atoms with E-state index in [1.54, 1.807) is 0 Å². The quantitative estimate of drug-likeness (QED) is 0.674. The number of hydrogen-bond acceptors (Lipinski definition) is 2. The fourth-order valence-electron chi connectivity index (χ4n) is 3.23. The van der Waals surface area contributed by atoms with Gasteiger partial charge in [-0.25, -0.2) is 0 Å². The zero-order valence-corrected chi connectivity index (χ0v) is 14.6. The number of hydrogen-bond donors (Lipinski definition) is 1. The van der Waals surface area contributed by atoms with Gasteiger partial charge in [-0.05, 0) is 55.2 Å². The van der Waals surface area contributed by atoms with Crippen LogP contribution in [0.3, 0.4) is 0 Å². The maximum atomic E-state index is 9.41. The van der Waals surface area contributed by atoms with Gasteiger partial charge in [0.25, 0.3) is 0 Å². The van der Waals surface area contributed by atoms with E-state index in [4.69, 9.17) is 5.73 Å². The molecule has 0 radical (unpaired) electrons. The number of anilines is 1. The first-order valence-electron chi connectivity index (χ1n) is 8.45. The minimum absolute atomic E-state index is 0.735. The van der Waals surface area contributed by atoms with Crippen LogP contribution in [0.25, 0.3) is 22.0 Å². The van der Waals surface area contributed by atoms with Gasteiger partial charge in [-0.3, -0.25) is 0 Å². The lowest BCUT2D eigenvalue weighted by Crippen LogP contribution is -1.96. The second-order valence-electron chi connectivity index (χ2n) is 6.41. The summed E-state index contributed by atoms with van der Waals surface area (Å²) in [7, 11) is 0. The SMILES string of the molecule is CCCCn1cc(-c2cccc(N)c2C)c2cc(C#N)c(C)cc21. The smallest absolute Gasteiger partial charge is 0.0994 e. The lowest BCUT2D eigenvalue weighted by molar-refractivity contribution is 0.650. The fourth-order valence-corrected chi connectivity index (χ4v) is 3.23. The average Bonchev–Trinajstić information content (AvgIpc) is 2.92. The largest absolute Gasteiger partial charge is 0.398 e. The Labute approximate surface area is 143 Å². The molecule has 2 aromatic carbocycles. The number of nitrogens with zero attached hydrogens (tertiary/aromatic N) is 2. The highest BCUT2D eigenvalue weighted by atomic mass is 15.0. The highest BCUT2D eigenvalue weighted by Crippen LogP contribution is 2.35. The van der Waals surface area contributed by atoms with Crippen molar-refractivity contribution in [3.8, 4) is 17.2 Å². The van der Waals surface area contributed by atoms with Gasteiger partial charge in [0.2, 0.25) is 0 Å². The molecule has 0 aliphatic rings. The molecule has 0 fully saturated rings. The van der Waals surface area contributed by atoms with E-state index in [9.17, 15) is 5.26 Å². The number of nitrogen functional groups attached to an aromatic ring is 1. The van der Waals surface area contributed by atoms with Gasteiger partial charge in [-0.2, -0.15) is 5.26 Å². The van der Waals surface area contributed by atoms with Crippen LogP contribution in [0.1, 0.15) is 36.5 Å². The van der Waals surface area contributed by atoms with Crippen LogP contribution in [-0.2, 0) is 6.54 Å². The molecule has 0 aliphatic carbocycles. The standard InChI is InChI=1S/C21H23N3/c1-4-5-9-24-13-19(17-7-6-8-20(23)15(17)3)18-11-16(12-22)14(2)10-21(18)24/h6-8,10-11,13H,4-5,9,23H2,1-3H3. The highest BCUT2D eigenvalue weighted by molar-refractivity contribution is 5.98. The van der Waals surface area contributed by atoms with E-state index in [2.05, 4.69) is 42.8 Å². The third-order valence-corrected chi connectivity index (χ3v) is 4.77. The predicted molar refractivity (Wildman–Crippen MR) is 101 cm³/mol. The molecule has 3 heteroatoms. The first-order valence-corrected chi connectivity index (χ1v) is 8.45. The van der Waals surface area contributed by atoms with Crippen molar-refractivity contribution in [2.75, 3.05) is 5.73 Å². The first kappa shape index (κ1) is 16.1. The zero-order chi connectivity index (χ0) is 17.3. The van der Waals surface area contributed by atoms with Crippen LogP contribution in [0.4, 0.5) is 5.69 Å². The Balaban J connectivity index is 2.31. The molecular weight excluding hydrogens is 294 g/mol. The normalized spacial score (nSPS) is 10.9. The van der Waals surface area contributed by atoms with Crippen molar-refractivity contribution >= 4 is 16.6 Å². The second kappa shape index (κ2) is 6.41. The zero-order valence-electron chi connectivity index (χ0n) is 14.6. The number of aromatic nitrogens is 1. The third kappa shape index (κ3) is 2.65. The van der Waals surface area contributed by atoms with Crippen molar-refractivity contribution < 1.29 is 0 Å². The van der Waals surface area contributed by atoms with Gasteiger partial charge in [0, 0.05) is 34.9 Å². The Hall–Kier alpha value is -2.73. The van der Waals surface area contributed by atoms with E-state index in [1.807, 2.05) is 25.1 Å². The van der Waals surface area contributed by atoms with Crippen LogP contribution in [0.5, 0.6) is 0 Å². The summed E-state index contributed by atoms with van der Waals surface area (Å²) in [6.07, 6.45) is 4.50. The van der Waals surface area contributed by atoms with Gasteiger partial charge in [-0.1, -0.05) is 25.5 Å². The minimum atomic E-state index is 0.735. The van der Waals surface area contributed by atoms with Crippen molar-refractivity contribution in [3.05, 3.63) is 53.2 Å². The lowest BCUT2D eigenvalue weighted by Gasteiger charge is -2.07. The molecule has 2 N–H and O–H groups in total. The number of unbranched alkanes of at least 4 members (excludes halogenated alkanes) is 1. The lowest BCUT2D eigenvalue weighted by atomic mass is 9.97. The topological polar surface area (TPSA) is 54.7 Å². The summed E-state index contributed by atoms with van der Waals surface area (Å²) in [4.78, 5) is 0. The van der Waals surface area contributed by atoms with E-state index >= 15 is 0 Å². The molecule has 3 rings (SSSR count). The number of rotatable bonds is 4. The Morgan fingerprint density at radius 2 is 1.96 bits per heavy atom. The Morgan fingerprint density at radius 3 is 2.67 bits per heavy atom. The molecule has 0 saturated carbocycles. The van der Waals surface area contributed by atoms with E-state index in [-0.39, 0.29) is 0 Å². The van der Waals surface area contributed by atoms with E-state index in [0.29, 0.717) is 0 Å². The Kier molecular flexibility index (Phi) is 4.31. The summed E-state index contributed by atoms with van der Waals surface area (Å²) in [5, 5.41) is 10.5. The second-order valence-corrected chi connectivity index (χ2v) is 6.41. The van der Waals surface area contributed by atoms with Crippen molar-refractivity contribution in [1.82, 2.24) is 4.57 Å². The molecule has 24 heavy (non-hydrogen) atoms. The van der Waals surface area contributed by atoms with E-state index < -0.39 is 0 Å². The number of aryl methyl sites for hydroxylation is 2. The minimum Gasteiger partial charge on any atom is -0.398 e. The molecule has 0 spiro atoms. The van der Waals surface area contributed by atoms with Gasteiger partial charge in [-0.15, -0.1) is 0 Å². The first-order chi connectivity index (χ1) is 11.6. The molecule has 0 aliphatic heterocycles. The van der Waals surface area contributed by atoms with Gasteiger partial charge < -0.3 is 10.3 Å². The number of nitriles is 1. The van der Waals surface area contributed by atoms with Crippen LogP contribution in [0.2, 0.25) is 0 Å². The molecule has 1 heterocycles. The average molecular weight is 317 g/mol. The number of benzene rings is 2. The molecule has 0 saturated heterocycles. The summed E-state index contributed by atoms with van der Waals surface area (Å²) in [5.74, 6) is 0. The molecule has 3 nitrogen and oxygen atoms in total. The fraction of sp³-hybridized carbons (Fsp3) is 0.286. The van der Waals surface area contributed by atoms with E-state index in [1.165, 1.54) is 5.52 Å². The van der Waals surface area contributed by atoms with Crippen molar-refractivity contribution in [2.24, 2.45) is 0 Å². The van der Waals surface area contributed by atoms with Crippen molar-refractivity contribution in [3.63, 3.8) is 0 Å². The van der Waals surface area contributed by atoms with Crippen molar-refractivity contribution in [1.29, 1.82) is 5.26 Å². The van der Waals surface area contributed by atoms with Crippen LogP contribution in [0, 0.1) is 25.2 Å². The molecule has 0 unspecified atom stereocenters. The van der Waals surface area contributed by atoms with Crippen LogP contribution in [-0.4, -0.2) is 4.57 Å². The molecule has 0 bridgehead atoms. The molecule has 0 atom stereocenters. The molecular formula is C21H23N3. The Morgan fingerprint density at radius 1 is 1.17 bits per heavy atom. The third-order valence-electron chi connectivity index (χ3n) is 4.77. The Bertz CT molecular complexity index is 942. The van der Waals surface area contributed by atoms with E-state index in [0.717, 1.165) is 58.3 Å². The summed E-state index contributed by atoms with van der Waals surface area (Å²) >= 11 is 0. The van der Waals surface area contributed by atoms with Crippen molar-refractivity contribution in [2.45, 2.75) is 40.2 Å². The maximum Gasteiger partial charge on any atom is 0.0994 e. The number of fused-ring (bicyclic) bond motifs is 1. The molecule has 1 aromatic heterocycles.